The molecule has 3 rings (SSSR count). The van der Waals surface area contributed by atoms with Crippen LogP contribution in [0.5, 0.6) is 0 Å². The Balaban J connectivity index is 1.56. The smallest absolute Gasteiger partial charge is 0.0391 e. The van der Waals surface area contributed by atoms with Crippen LogP contribution in [0.15, 0.2) is 0 Å². The second-order valence-corrected chi connectivity index (χ2v) is 6.94. The van der Waals surface area contributed by atoms with E-state index in [1.165, 1.54) is 90.5 Å². The van der Waals surface area contributed by atoms with E-state index in [0.717, 1.165) is 0 Å². The second kappa shape index (κ2) is 9.78. The Morgan fingerprint density at radius 3 is 2.10 bits per heavy atom. The minimum Gasteiger partial charge on any atom is -0.299 e. The van der Waals surface area contributed by atoms with Gasteiger partial charge in [-0.2, -0.15) is 0 Å². The number of nitrogens with two attached hydrogens (primary N) is 1. The van der Waals surface area contributed by atoms with Crippen molar-refractivity contribution >= 4 is 0 Å². The van der Waals surface area contributed by atoms with Gasteiger partial charge in [-0.1, -0.05) is 58.3 Å². The van der Waals surface area contributed by atoms with Crippen LogP contribution in [0.1, 0.15) is 64.7 Å². The molecule has 0 aromatic heterocycles. The second-order valence-electron chi connectivity index (χ2n) is 6.94. The average Bonchev–Trinajstić information content (AvgIpc) is 2.54. The Hall–Kier alpha value is -0.160. The van der Waals surface area contributed by atoms with E-state index in [-0.39, 0.29) is 0 Å². The Morgan fingerprint density at radius 2 is 1.57 bits per heavy atom. The van der Waals surface area contributed by atoms with Gasteiger partial charge < -0.3 is 0 Å². The van der Waals surface area contributed by atoms with Gasteiger partial charge in [-0.05, 0) is 6.42 Å². The highest BCUT2D eigenvalue weighted by atomic mass is 15.4. The van der Waals surface area contributed by atoms with Crippen LogP contribution in [0.3, 0.4) is 0 Å². The summed E-state index contributed by atoms with van der Waals surface area (Å²) in [6.07, 6.45) is 12.4. The first kappa shape index (κ1) is 17.2. The fourth-order valence-electron chi connectivity index (χ4n) is 3.92. The van der Waals surface area contributed by atoms with Gasteiger partial charge in [0.1, 0.15) is 0 Å². The molecule has 0 spiro atoms. The molecule has 4 heteroatoms. The molecule has 0 aliphatic carbocycles. The van der Waals surface area contributed by atoms with Crippen LogP contribution in [0, 0.1) is 0 Å². The number of rotatable bonds is 11. The third-order valence-corrected chi connectivity index (χ3v) is 5.37. The molecular weight excluding hydrogens is 260 g/mol. The molecule has 124 valence electrons. The van der Waals surface area contributed by atoms with Crippen molar-refractivity contribution < 1.29 is 0 Å². The Bertz CT molecular complexity index is 264. The number of fused-ring (bicyclic) bond motifs is 3. The molecule has 3 aliphatic heterocycles. The lowest BCUT2D eigenvalue weighted by molar-refractivity contribution is -0.00484. The molecule has 4 nitrogen and oxygen atoms in total. The molecule has 3 heterocycles. The highest BCUT2D eigenvalue weighted by Gasteiger charge is 2.35. The number of hydrogen-bond donors (Lipinski definition) is 2. The van der Waals surface area contributed by atoms with E-state index in [1.54, 1.807) is 0 Å². The van der Waals surface area contributed by atoms with Crippen LogP contribution in [0.4, 0.5) is 0 Å². The summed E-state index contributed by atoms with van der Waals surface area (Å²) in [5.41, 5.74) is 3.11. The molecule has 2 bridgehead atoms. The van der Waals surface area contributed by atoms with Gasteiger partial charge in [0.25, 0.3) is 0 Å². The highest BCUT2D eigenvalue weighted by molar-refractivity contribution is 4.94. The third-order valence-electron chi connectivity index (χ3n) is 5.37. The minimum atomic E-state index is 0.480. The molecular formula is C17H36N4. The number of hydrogen-bond acceptors (Lipinski definition) is 4. The van der Waals surface area contributed by atoms with Crippen molar-refractivity contribution in [3.05, 3.63) is 0 Å². The summed E-state index contributed by atoms with van der Waals surface area (Å²) < 4.78 is 0. The predicted molar refractivity (Wildman–Crippen MR) is 90.1 cm³/mol. The van der Waals surface area contributed by atoms with Crippen LogP contribution in [-0.4, -0.2) is 54.6 Å². The van der Waals surface area contributed by atoms with Crippen LogP contribution in [-0.2, 0) is 0 Å². The SMILES string of the molecule is CCCCCCCCCCC(NN)C1CN2CCN1CC2. The molecule has 0 saturated carbocycles. The van der Waals surface area contributed by atoms with Crippen molar-refractivity contribution in [2.24, 2.45) is 5.84 Å². The van der Waals surface area contributed by atoms with Crippen molar-refractivity contribution in [3.8, 4) is 0 Å². The summed E-state index contributed by atoms with van der Waals surface area (Å²) in [5.74, 6) is 5.84. The molecule has 0 amide bonds. The van der Waals surface area contributed by atoms with E-state index in [4.69, 9.17) is 5.84 Å². The maximum Gasteiger partial charge on any atom is 0.0391 e. The zero-order valence-corrected chi connectivity index (χ0v) is 14.0. The summed E-state index contributed by atoms with van der Waals surface area (Å²) in [6, 6.07) is 1.12. The molecule has 0 aromatic rings. The van der Waals surface area contributed by atoms with E-state index in [2.05, 4.69) is 22.1 Å². The minimum absolute atomic E-state index is 0.480. The first-order valence-corrected chi connectivity index (χ1v) is 9.27. The molecule has 2 unspecified atom stereocenters. The molecule has 2 atom stereocenters. The fraction of sp³-hybridized carbons (Fsp3) is 1.00. The van der Waals surface area contributed by atoms with Crippen LogP contribution >= 0.6 is 0 Å². The molecule has 3 aliphatic rings. The van der Waals surface area contributed by atoms with E-state index >= 15 is 0 Å². The summed E-state index contributed by atoms with van der Waals surface area (Å²) in [7, 11) is 0. The van der Waals surface area contributed by atoms with Gasteiger partial charge in [0.2, 0.25) is 0 Å². The lowest BCUT2D eigenvalue weighted by Crippen LogP contribution is -2.67. The molecule has 21 heavy (non-hydrogen) atoms. The van der Waals surface area contributed by atoms with E-state index in [1.807, 2.05) is 0 Å². The average molecular weight is 297 g/mol. The van der Waals surface area contributed by atoms with Gasteiger partial charge >= 0.3 is 0 Å². The lowest BCUT2D eigenvalue weighted by Gasteiger charge is -2.50. The molecule has 3 N–H and O–H groups in total. The summed E-state index contributed by atoms with van der Waals surface area (Å²) in [6.45, 7) is 8.48. The van der Waals surface area contributed by atoms with E-state index in [9.17, 15) is 0 Å². The van der Waals surface area contributed by atoms with Crippen molar-refractivity contribution in [1.82, 2.24) is 15.2 Å². The van der Waals surface area contributed by atoms with Crippen LogP contribution in [0.25, 0.3) is 0 Å². The molecule has 3 saturated heterocycles. The number of unbranched alkanes of at least 4 members (excludes halogenated alkanes) is 7. The molecule has 0 aromatic carbocycles. The van der Waals surface area contributed by atoms with E-state index < -0.39 is 0 Å². The summed E-state index contributed by atoms with van der Waals surface area (Å²) in [4.78, 5) is 5.25. The highest BCUT2D eigenvalue weighted by Crippen LogP contribution is 2.21. The predicted octanol–water partition coefficient (Wildman–Crippen LogP) is 2.35. The number of nitrogens with one attached hydrogen (secondary N) is 1. The molecule has 0 radical (unpaired) electrons. The Labute approximate surface area is 131 Å². The van der Waals surface area contributed by atoms with Gasteiger partial charge in [0, 0.05) is 44.8 Å². The van der Waals surface area contributed by atoms with Crippen molar-refractivity contribution in [2.75, 3.05) is 32.7 Å². The van der Waals surface area contributed by atoms with Crippen molar-refractivity contribution in [1.29, 1.82) is 0 Å². The number of piperazine rings is 3. The van der Waals surface area contributed by atoms with E-state index in [0.29, 0.717) is 12.1 Å². The number of nitrogens with zero attached hydrogens (tertiary/aromatic N) is 2. The van der Waals surface area contributed by atoms with Crippen LogP contribution in [0.2, 0.25) is 0 Å². The zero-order valence-electron chi connectivity index (χ0n) is 14.0. The fourth-order valence-corrected chi connectivity index (χ4v) is 3.92. The van der Waals surface area contributed by atoms with Gasteiger partial charge in [0.05, 0.1) is 0 Å². The maximum atomic E-state index is 5.84. The van der Waals surface area contributed by atoms with Crippen LogP contribution < -0.4 is 11.3 Å². The van der Waals surface area contributed by atoms with Gasteiger partial charge in [-0.25, -0.2) is 0 Å². The largest absolute Gasteiger partial charge is 0.299 e. The maximum absolute atomic E-state index is 5.84. The van der Waals surface area contributed by atoms with Gasteiger partial charge in [-0.3, -0.25) is 21.1 Å². The quantitative estimate of drug-likeness (QED) is 0.349. The first-order valence-electron chi connectivity index (χ1n) is 9.27. The first-order chi connectivity index (χ1) is 10.3. The Morgan fingerprint density at radius 1 is 0.952 bits per heavy atom. The lowest BCUT2D eigenvalue weighted by atomic mass is 9.95. The monoisotopic (exact) mass is 296 g/mol. The number of hydrazine groups is 1. The third kappa shape index (κ3) is 5.51. The normalized spacial score (nSPS) is 29.7. The van der Waals surface area contributed by atoms with Crippen molar-refractivity contribution in [3.63, 3.8) is 0 Å². The van der Waals surface area contributed by atoms with Gasteiger partial charge in [0.15, 0.2) is 0 Å². The molecule has 3 fully saturated rings. The van der Waals surface area contributed by atoms with Crippen molar-refractivity contribution in [2.45, 2.75) is 76.8 Å². The van der Waals surface area contributed by atoms with Gasteiger partial charge in [-0.15, -0.1) is 0 Å². The summed E-state index contributed by atoms with van der Waals surface area (Å²) >= 11 is 0. The topological polar surface area (TPSA) is 44.5 Å². The Kier molecular flexibility index (Phi) is 8.01. The summed E-state index contributed by atoms with van der Waals surface area (Å²) in [5, 5.41) is 0. The zero-order chi connectivity index (χ0) is 14.9. The standard InChI is InChI=1S/C17H36N4/c1-2-3-4-5-6-7-8-9-10-16(19-18)17-15-20-11-13-21(17)14-12-20/h16-17,19H,2-15,18H2,1H3.